The standard InChI is InChI=1S/C19H32OS/c1-4-5-6-7-8-9-10-11-12-13-14-18(20)19-15-16(2)17(3)21-19/h15H,4-14H2,1-3H3. The maximum absolute atomic E-state index is 12.1. The molecule has 0 radical (unpaired) electrons. The van der Waals surface area contributed by atoms with Crippen LogP contribution in [0.3, 0.4) is 0 Å². The molecule has 1 aromatic heterocycles. The molecule has 0 aromatic carbocycles. The van der Waals surface area contributed by atoms with Crippen molar-refractivity contribution in [3.63, 3.8) is 0 Å². The number of unbranched alkanes of at least 4 members (excludes halogenated alkanes) is 9. The molecule has 1 aromatic rings. The van der Waals surface area contributed by atoms with Gasteiger partial charge in [-0.05, 0) is 31.9 Å². The molecular weight excluding hydrogens is 276 g/mol. The summed E-state index contributed by atoms with van der Waals surface area (Å²) >= 11 is 1.65. The summed E-state index contributed by atoms with van der Waals surface area (Å²) in [6.07, 6.45) is 14.0. The maximum atomic E-state index is 12.1. The van der Waals surface area contributed by atoms with E-state index in [1.807, 2.05) is 0 Å². The van der Waals surface area contributed by atoms with Crippen LogP contribution in [0.15, 0.2) is 6.07 Å². The summed E-state index contributed by atoms with van der Waals surface area (Å²) in [5.74, 6) is 0.343. The summed E-state index contributed by atoms with van der Waals surface area (Å²) in [5.41, 5.74) is 1.26. The molecule has 0 bridgehead atoms. The number of carbonyl (C=O) groups is 1. The number of rotatable bonds is 12. The third kappa shape index (κ3) is 7.80. The van der Waals surface area contributed by atoms with Gasteiger partial charge in [-0.1, -0.05) is 64.7 Å². The van der Waals surface area contributed by atoms with Gasteiger partial charge in [0.05, 0.1) is 4.88 Å². The molecule has 0 saturated heterocycles. The largest absolute Gasteiger partial charge is 0.293 e. The average molecular weight is 309 g/mol. The average Bonchev–Trinajstić information content (AvgIpc) is 2.80. The van der Waals surface area contributed by atoms with Gasteiger partial charge in [0.15, 0.2) is 5.78 Å². The fraction of sp³-hybridized carbons (Fsp3) is 0.737. The van der Waals surface area contributed by atoms with E-state index in [1.165, 1.54) is 68.2 Å². The van der Waals surface area contributed by atoms with Crippen LogP contribution < -0.4 is 0 Å². The smallest absolute Gasteiger partial charge is 0.172 e. The Labute approximate surface area is 135 Å². The summed E-state index contributed by atoms with van der Waals surface area (Å²) < 4.78 is 0. The number of aryl methyl sites for hydroxylation is 2. The van der Waals surface area contributed by atoms with Crippen LogP contribution in [0.1, 0.15) is 97.7 Å². The number of ketones is 1. The Morgan fingerprint density at radius 3 is 1.90 bits per heavy atom. The first-order chi connectivity index (χ1) is 10.1. The minimum absolute atomic E-state index is 0.343. The first-order valence-electron chi connectivity index (χ1n) is 8.75. The van der Waals surface area contributed by atoms with E-state index in [0.29, 0.717) is 5.78 Å². The van der Waals surface area contributed by atoms with E-state index in [9.17, 15) is 4.79 Å². The Bertz CT molecular complexity index is 386. The van der Waals surface area contributed by atoms with Crippen molar-refractivity contribution in [1.29, 1.82) is 0 Å². The molecular formula is C19H32OS. The van der Waals surface area contributed by atoms with E-state index >= 15 is 0 Å². The fourth-order valence-electron chi connectivity index (χ4n) is 2.61. The molecule has 0 atom stereocenters. The van der Waals surface area contributed by atoms with Gasteiger partial charge in [0.1, 0.15) is 0 Å². The molecule has 120 valence electrons. The van der Waals surface area contributed by atoms with Gasteiger partial charge in [-0.15, -0.1) is 11.3 Å². The van der Waals surface area contributed by atoms with E-state index in [1.54, 1.807) is 11.3 Å². The molecule has 21 heavy (non-hydrogen) atoms. The second-order valence-electron chi connectivity index (χ2n) is 6.21. The second kappa shape index (κ2) is 11.0. The molecule has 0 aliphatic heterocycles. The highest BCUT2D eigenvalue weighted by Crippen LogP contribution is 2.22. The van der Waals surface area contributed by atoms with Crippen LogP contribution in [-0.2, 0) is 0 Å². The van der Waals surface area contributed by atoms with Gasteiger partial charge in [-0.2, -0.15) is 0 Å². The molecule has 0 fully saturated rings. The van der Waals surface area contributed by atoms with Crippen LogP contribution in [0.2, 0.25) is 0 Å². The molecule has 1 nitrogen and oxygen atoms in total. The van der Waals surface area contributed by atoms with Gasteiger partial charge in [0, 0.05) is 11.3 Å². The van der Waals surface area contributed by atoms with Crippen LogP contribution in [0.4, 0.5) is 0 Å². The third-order valence-electron chi connectivity index (χ3n) is 4.20. The van der Waals surface area contributed by atoms with Crippen molar-refractivity contribution in [2.75, 3.05) is 0 Å². The quantitative estimate of drug-likeness (QED) is 0.304. The number of carbonyl (C=O) groups excluding carboxylic acids is 1. The molecule has 0 saturated carbocycles. The summed E-state index contributed by atoms with van der Waals surface area (Å²) in [5, 5.41) is 0. The van der Waals surface area contributed by atoms with E-state index in [4.69, 9.17) is 0 Å². The predicted molar refractivity (Wildman–Crippen MR) is 94.6 cm³/mol. The first kappa shape index (κ1) is 18.4. The van der Waals surface area contributed by atoms with Crippen LogP contribution in [0.5, 0.6) is 0 Å². The summed E-state index contributed by atoms with van der Waals surface area (Å²) in [6.45, 7) is 6.44. The lowest BCUT2D eigenvalue weighted by molar-refractivity contribution is 0.0983. The second-order valence-corrected chi connectivity index (χ2v) is 7.46. The normalized spacial score (nSPS) is 11.0. The highest BCUT2D eigenvalue weighted by atomic mass is 32.1. The lowest BCUT2D eigenvalue weighted by atomic mass is 10.0. The molecule has 2 heteroatoms. The van der Waals surface area contributed by atoms with Crippen molar-refractivity contribution in [3.8, 4) is 0 Å². The maximum Gasteiger partial charge on any atom is 0.172 e. The zero-order valence-corrected chi connectivity index (χ0v) is 15.0. The van der Waals surface area contributed by atoms with E-state index < -0.39 is 0 Å². The first-order valence-corrected chi connectivity index (χ1v) is 9.57. The van der Waals surface area contributed by atoms with Crippen molar-refractivity contribution >= 4 is 17.1 Å². The Balaban J connectivity index is 1.98. The Kier molecular flexibility index (Phi) is 9.65. The Morgan fingerprint density at radius 2 is 1.43 bits per heavy atom. The van der Waals surface area contributed by atoms with Gasteiger partial charge in [-0.3, -0.25) is 4.79 Å². The van der Waals surface area contributed by atoms with Gasteiger partial charge in [-0.25, -0.2) is 0 Å². The molecule has 0 aliphatic rings. The van der Waals surface area contributed by atoms with Crippen LogP contribution in [0, 0.1) is 13.8 Å². The number of hydrogen-bond acceptors (Lipinski definition) is 2. The fourth-order valence-corrected chi connectivity index (χ4v) is 3.61. The topological polar surface area (TPSA) is 17.1 Å². The summed E-state index contributed by atoms with van der Waals surface area (Å²) in [6, 6.07) is 2.05. The minimum atomic E-state index is 0.343. The van der Waals surface area contributed by atoms with Crippen LogP contribution >= 0.6 is 11.3 Å². The van der Waals surface area contributed by atoms with Crippen LogP contribution in [-0.4, -0.2) is 5.78 Å². The van der Waals surface area contributed by atoms with Crippen molar-refractivity contribution in [1.82, 2.24) is 0 Å². The summed E-state index contributed by atoms with van der Waals surface area (Å²) in [7, 11) is 0. The number of hydrogen-bond donors (Lipinski definition) is 0. The van der Waals surface area contributed by atoms with Gasteiger partial charge < -0.3 is 0 Å². The molecule has 1 heterocycles. The van der Waals surface area contributed by atoms with Crippen molar-refractivity contribution in [2.45, 2.75) is 91.4 Å². The predicted octanol–water partition coefficient (Wildman–Crippen LogP) is 6.86. The zero-order chi connectivity index (χ0) is 15.5. The molecule has 1 rings (SSSR count). The van der Waals surface area contributed by atoms with E-state index in [0.717, 1.165) is 17.7 Å². The van der Waals surface area contributed by atoms with Gasteiger partial charge >= 0.3 is 0 Å². The highest BCUT2D eigenvalue weighted by molar-refractivity contribution is 7.14. The van der Waals surface area contributed by atoms with Crippen molar-refractivity contribution in [2.24, 2.45) is 0 Å². The SMILES string of the molecule is CCCCCCCCCCCCC(=O)c1cc(C)c(C)s1. The van der Waals surface area contributed by atoms with Crippen molar-refractivity contribution < 1.29 is 4.79 Å². The zero-order valence-electron chi connectivity index (χ0n) is 14.2. The molecule has 0 spiro atoms. The number of Topliss-reactive ketones (excluding diaryl/α,β-unsaturated/α-hetero) is 1. The Hall–Kier alpha value is -0.630. The van der Waals surface area contributed by atoms with Crippen molar-refractivity contribution in [3.05, 3.63) is 21.4 Å². The molecule has 0 N–H and O–H groups in total. The molecule has 0 aliphatic carbocycles. The van der Waals surface area contributed by atoms with E-state index in [-0.39, 0.29) is 0 Å². The minimum Gasteiger partial charge on any atom is -0.293 e. The lowest BCUT2D eigenvalue weighted by Crippen LogP contribution is -1.95. The highest BCUT2D eigenvalue weighted by Gasteiger charge is 2.09. The monoisotopic (exact) mass is 308 g/mol. The van der Waals surface area contributed by atoms with E-state index in [2.05, 4.69) is 26.8 Å². The lowest BCUT2D eigenvalue weighted by Gasteiger charge is -2.02. The summed E-state index contributed by atoms with van der Waals surface area (Å²) in [4.78, 5) is 14.3. The Morgan fingerprint density at radius 1 is 0.905 bits per heavy atom. The molecule has 0 amide bonds. The number of thiophene rings is 1. The van der Waals surface area contributed by atoms with Gasteiger partial charge in [0.25, 0.3) is 0 Å². The molecule has 0 unspecified atom stereocenters. The van der Waals surface area contributed by atoms with Gasteiger partial charge in [0.2, 0.25) is 0 Å². The van der Waals surface area contributed by atoms with Crippen LogP contribution in [0.25, 0.3) is 0 Å². The third-order valence-corrected chi connectivity index (χ3v) is 5.39.